The first-order chi connectivity index (χ1) is 14.5. The highest BCUT2D eigenvalue weighted by Gasteiger charge is 2.55. The van der Waals surface area contributed by atoms with Gasteiger partial charge in [-0.05, 0) is 36.4 Å². The fourth-order valence-electron chi connectivity index (χ4n) is 3.40. The molecule has 2 atom stereocenters. The predicted octanol–water partition coefficient (Wildman–Crippen LogP) is 3.13. The molecule has 2 aliphatic heterocycles. The standard InChI is InChI=1S/C19H12BrFN6O3/c20-11-3-1-2-10(8-11)17-22-14(30-24-17)9-26-16-15(23-25-26)18(28)27(19(16)29)13-6-4-12(21)5-7-13/h1-8,15-16H,9H2/t15-,16-/m1/s1. The molecular weight excluding hydrogens is 459 g/mol. The molecule has 0 spiro atoms. The van der Waals surface area contributed by atoms with Gasteiger partial charge in [0.1, 0.15) is 12.4 Å². The fraction of sp³-hybridized carbons (Fsp3) is 0.158. The number of hydrogen-bond acceptors (Lipinski definition) is 8. The van der Waals surface area contributed by atoms with Crippen LogP contribution in [0.25, 0.3) is 11.4 Å². The van der Waals surface area contributed by atoms with E-state index in [1.165, 1.54) is 29.3 Å². The minimum absolute atomic E-state index is 0.0158. The summed E-state index contributed by atoms with van der Waals surface area (Å²) in [6, 6.07) is 10.7. The summed E-state index contributed by atoms with van der Waals surface area (Å²) < 4.78 is 19.4. The highest BCUT2D eigenvalue weighted by molar-refractivity contribution is 9.10. The molecule has 1 saturated heterocycles. The summed E-state index contributed by atoms with van der Waals surface area (Å²) in [4.78, 5) is 30.9. The Balaban J connectivity index is 1.36. The zero-order valence-electron chi connectivity index (χ0n) is 15.1. The minimum Gasteiger partial charge on any atom is -0.337 e. The van der Waals surface area contributed by atoms with Gasteiger partial charge in [0, 0.05) is 10.0 Å². The number of rotatable bonds is 4. The Morgan fingerprint density at radius 3 is 2.67 bits per heavy atom. The predicted molar refractivity (Wildman–Crippen MR) is 104 cm³/mol. The van der Waals surface area contributed by atoms with Crippen molar-refractivity contribution in [2.24, 2.45) is 10.3 Å². The van der Waals surface area contributed by atoms with Gasteiger partial charge in [0.25, 0.3) is 11.8 Å². The lowest BCUT2D eigenvalue weighted by molar-refractivity contribution is -0.123. The lowest BCUT2D eigenvalue weighted by Crippen LogP contribution is -2.39. The zero-order valence-corrected chi connectivity index (χ0v) is 16.7. The van der Waals surface area contributed by atoms with Crippen molar-refractivity contribution in [1.29, 1.82) is 0 Å². The molecule has 0 unspecified atom stereocenters. The maximum Gasteiger partial charge on any atom is 0.263 e. The van der Waals surface area contributed by atoms with Gasteiger partial charge in [-0.15, -0.1) is 0 Å². The van der Waals surface area contributed by atoms with Crippen LogP contribution in [0.2, 0.25) is 0 Å². The third-order valence-electron chi connectivity index (χ3n) is 4.79. The van der Waals surface area contributed by atoms with Crippen molar-refractivity contribution in [2.75, 3.05) is 4.90 Å². The molecule has 2 aromatic carbocycles. The van der Waals surface area contributed by atoms with Crippen molar-refractivity contribution in [3.8, 4) is 11.4 Å². The van der Waals surface area contributed by atoms with Crippen molar-refractivity contribution >= 4 is 33.4 Å². The molecule has 1 aromatic heterocycles. The van der Waals surface area contributed by atoms with Gasteiger partial charge in [-0.1, -0.05) is 38.4 Å². The van der Waals surface area contributed by atoms with Gasteiger partial charge in [-0.25, -0.2) is 9.29 Å². The molecule has 30 heavy (non-hydrogen) atoms. The molecule has 0 saturated carbocycles. The van der Waals surface area contributed by atoms with Gasteiger partial charge in [0.05, 0.1) is 5.69 Å². The van der Waals surface area contributed by atoms with Gasteiger partial charge < -0.3 is 4.52 Å². The number of aromatic nitrogens is 2. The lowest BCUT2D eigenvalue weighted by Gasteiger charge is -2.19. The van der Waals surface area contributed by atoms with Crippen LogP contribution in [0, 0.1) is 5.82 Å². The molecule has 3 aromatic rings. The average molecular weight is 471 g/mol. The monoisotopic (exact) mass is 470 g/mol. The molecule has 0 bridgehead atoms. The van der Waals surface area contributed by atoms with Crippen molar-refractivity contribution in [1.82, 2.24) is 15.1 Å². The third kappa shape index (κ3) is 3.07. The van der Waals surface area contributed by atoms with Gasteiger partial charge in [-0.2, -0.15) is 10.1 Å². The minimum atomic E-state index is -0.963. The van der Waals surface area contributed by atoms with E-state index < -0.39 is 29.7 Å². The van der Waals surface area contributed by atoms with Crippen LogP contribution in [0.3, 0.4) is 0 Å². The van der Waals surface area contributed by atoms with E-state index in [2.05, 4.69) is 36.4 Å². The van der Waals surface area contributed by atoms with E-state index in [0.717, 1.165) is 14.9 Å². The Morgan fingerprint density at radius 1 is 1.10 bits per heavy atom. The van der Waals surface area contributed by atoms with Crippen LogP contribution < -0.4 is 4.90 Å². The molecule has 0 radical (unpaired) electrons. The Bertz CT molecular complexity index is 1180. The molecule has 11 heteroatoms. The first kappa shape index (κ1) is 18.6. The second kappa shape index (κ2) is 7.10. The van der Waals surface area contributed by atoms with Crippen LogP contribution >= 0.6 is 15.9 Å². The van der Waals surface area contributed by atoms with Crippen LogP contribution in [0.15, 0.2) is 67.9 Å². The maximum absolute atomic E-state index is 13.2. The maximum atomic E-state index is 13.2. The highest BCUT2D eigenvalue weighted by Crippen LogP contribution is 2.33. The van der Waals surface area contributed by atoms with Crippen LogP contribution in [0.5, 0.6) is 0 Å². The summed E-state index contributed by atoms with van der Waals surface area (Å²) in [6.45, 7) is 0.0158. The van der Waals surface area contributed by atoms with E-state index in [0.29, 0.717) is 5.82 Å². The SMILES string of the molecule is O=C1[C@@H]2N=NN(Cc3nc(-c4cccc(Br)c4)no3)[C@H]2C(=O)N1c1ccc(F)cc1. The van der Waals surface area contributed by atoms with Gasteiger partial charge >= 0.3 is 0 Å². The topological polar surface area (TPSA) is 104 Å². The number of carbonyl (C=O) groups is 2. The quantitative estimate of drug-likeness (QED) is 0.542. The highest BCUT2D eigenvalue weighted by atomic mass is 79.9. The average Bonchev–Trinajstić information content (AvgIpc) is 3.42. The van der Waals surface area contributed by atoms with Crippen molar-refractivity contribution in [2.45, 2.75) is 18.6 Å². The normalized spacial score (nSPS) is 20.3. The lowest BCUT2D eigenvalue weighted by atomic mass is 10.1. The summed E-state index contributed by atoms with van der Waals surface area (Å²) in [7, 11) is 0. The molecule has 150 valence electrons. The van der Waals surface area contributed by atoms with Gasteiger partial charge in [-0.3, -0.25) is 14.6 Å². The number of amides is 2. The van der Waals surface area contributed by atoms with E-state index in [9.17, 15) is 14.0 Å². The number of benzene rings is 2. The molecule has 0 N–H and O–H groups in total. The largest absolute Gasteiger partial charge is 0.337 e. The molecular formula is C19H12BrFN6O3. The second-order valence-electron chi connectivity index (χ2n) is 6.70. The fourth-order valence-corrected chi connectivity index (χ4v) is 3.80. The summed E-state index contributed by atoms with van der Waals surface area (Å²) in [5.74, 6) is -0.848. The van der Waals surface area contributed by atoms with Crippen molar-refractivity contribution in [3.63, 3.8) is 0 Å². The van der Waals surface area contributed by atoms with Crippen LogP contribution in [0.4, 0.5) is 10.1 Å². The molecule has 2 aliphatic rings. The number of fused-ring (bicyclic) bond motifs is 1. The summed E-state index contributed by atoms with van der Waals surface area (Å²) in [6.07, 6.45) is 0. The Hall–Kier alpha value is -3.47. The van der Waals surface area contributed by atoms with E-state index in [1.807, 2.05) is 24.3 Å². The summed E-state index contributed by atoms with van der Waals surface area (Å²) in [5, 5.41) is 13.2. The van der Waals surface area contributed by atoms with Crippen molar-refractivity contribution in [3.05, 3.63) is 64.7 Å². The van der Waals surface area contributed by atoms with E-state index in [4.69, 9.17) is 4.52 Å². The van der Waals surface area contributed by atoms with E-state index in [-0.39, 0.29) is 18.1 Å². The van der Waals surface area contributed by atoms with Gasteiger partial charge in [0.2, 0.25) is 11.7 Å². The van der Waals surface area contributed by atoms with Crippen LogP contribution in [-0.2, 0) is 16.1 Å². The molecule has 3 heterocycles. The number of hydrogen-bond donors (Lipinski definition) is 0. The number of imide groups is 1. The van der Waals surface area contributed by atoms with Crippen LogP contribution in [0.1, 0.15) is 5.89 Å². The second-order valence-corrected chi connectivity index (χ2v) is 7.62. The van der Waals surface area contributed by atoms with E-state index >= 15 is 0 Å². The van der Waals surface area contributed by atoms with Crippen LogP contribution in [-0.4, -0.2) is 39.0 Å². The molecule has 0 aliphatic carbocycles. The zero-order chi connectivity index (χ0) is 20.8. The summed E-state index contributed by atoms with van der Waals surface area (Å²) >= 11 is 3.39. The molecule has 9 nitrogen and oxygen atoms in total. The van der Waals surface area contributed by atoms with Gasteiger partial charge in [0.15, 0.2) is 12.1 Å². The summed E-state index contributed by atoms with van der Waals surface area (Å²) in [5.41, 5.74) is 1.04. The Labute approximate surface area is 177 Å². The molecule has 2 amide bonds. The number of nitrogens with zero attached hydrogens (tertiary/aromatic N) is 6. The molecule has 1 fully saturated rings. The molecule has 5 rings (SSSR count). The third-order valence-corrected chi connectivity index (χ3v) is 5.28. The Kier molecular flexibility index (Phi) is 4.39. The first-order valence-corrected chi connectivity index (χ1v) is 9.70. The van der Waals surface area contributed by atoms with E-state index in [1.54, 1.807) is 0 Å². The first-order valence-electron chi connectivity index (χ1n) is 8.90. The Morgan fingerprint density at radius 2 is 1.90 bits per heavy atom. The number of carbonyl (C=O) groups excluding carboxylic acids is 2. The number of halogens is 2. The number of anilines is 1. The van der Waals surface area contributed by atoms with Crippen molar-refractivity contribution < 1.29 is 18.5 Å². The smallest absolute Gasteiger partial charge is 0.263 e.